The second-order valence-electron chi connectivity index (χ2n) is 9.12. The zero-order chi connectivity index (χ0) is 25.0. The Balaban J connectivity index is 2.06. The van der Waals surface area contributed by atoms with E-state index in [1.165, 1.54) is 4.31 Å². The molecule has 0 aliphatic carbocycles. The van der Waals surface area contributed by atoms with Gasteiger partial charge in [-0.05, 0) is 56.2 Å². The number of aromatic nitrogens is 1. The molecule has 34 heavy (non-hydrogen) atoms. The maximum absolute atomic E-state index is 13.6. The van der Waals surface area contributed by atoms with Crippen LogP contribution in [-0.2, 0) is 10.0 Å². The number of carbonyl (C=O) groups excluding carboxylic acids is 1. The fourth-order valence-electron chi connectivity index (χ4n) is 3.88. The number of fused-ring (bicyclic) bond motifs is 1. The first-order chi connectivity index (χ1) is 16.0. The van der Waals surface area contributed by atoms with E-state index in [0.717, 1.165) is 11.1 Å². The molecule has 1 aliphatic rings. The molecule has 0 saturated heterocycles. The molecule has 0 bridgehead atoms. The lowest BCUT2D eigenvalue weighted by atomic mass is 10.0. The van der Waals surface area contributed by atoms with Gasteiger partial charge >= 0.3 is 6.03 Å². The molecule has 3 atom stereocenters. The number of aliphatic hydroxyl groups is 1. The highest BCUT2D eigenvalue weighted by atomic mass is 32.2. The molecule has 0 fully saturated rings. The van der Waals surface area contributed by atoms with Crippen LogP contribution in [0.1, 0.15) is 27.7 Å². The number of hydrogen-bond donors (Lipinski definition) is 2. The summed E-state index contributed by atoms with van der Waals surface area (Å²) in [6.45, 7) is 7.45. The van der Waals surface area contributed by atoms with Crippen LogP contribution in [0.3, 0.4) is 0 Å². The lowest BCUT2D eigenvalue weighted by Crippen LogP contribution is -2.51. The van der Waals surface area contributed by atoms with Crippen molar-refractivity contribution in [1.29, 1.82) is 0 Å². The number of pyridine rings is 1. The summed E-state index contributed by atoms with van der Waals surface area (Å²) in [5.74, 6) is -0.0329. The van der Waals surface area contributed by atoms with Crippen LogP contribution in [0.25, 0.3) is 11.1 Å². The molecule has 0 radical (unpaired) electrons. The minimum Gasteiger partial charge on any atom is -0.487 e. The topological polar surface area (TPSA) is 112 Å². The van der Waals surface area contributed by atoms with E-state index in [1.807, 2.05) is 32.9 Å². The highest BCUT2D eigenvalue weighted by Gasteiger charge is 2.38. The summed E-state index contributed by atoms with van der Waals surface area (Å²) < 4.78 is 34.8. The molecule has 186 valence electrons. The van der Waals surface area contributed by atoms with Crippen molar-refractivity contribution in [3.05, 3.63) is 42.7 Å². The van der Waals surface area contributed by atoms with Gasteiger partial charge in [-0.3, -0.25) is 4.98 Å². The van der Waals surface area contributed by atoms with Crippen molar-refractivity contribution in [2.45, 2.75) is 50.8 Å². The summed E-state index contributed by atoms with van der Waals surface area (Å²) in [5, 5.41) is 12.6. The predicted octanol–water partition coefficient (Wildman–Crippen LogP) is 2.57. The number of hydrogen-bond acceptors (Lipinski definition) is 6. The lowest BCUT2D eigenvalue weighted by Gasteiger charge is -2.37. The van der Waals surface area contributed by atoms with Crippen LogP contribution in [0, 0.1) is 5.92 Å². The third-order valence-corrected chi connectivity index (χ3v) is 7.91. The summed E-state index contributed by atoms with van der Waals surface area (Å²) in [4.78, 5) is 18.1. The molecule has 9 nitrogen and oxygen atoms in total. The minimum atomic E-state index is -3.93. The van der Waals surface area contributed by atoms with Crippen molar-refractivity contribution in [3.8, 4) is 16.9 Å². The van der Waals surface area contributed by atoms with Gasteiger partial charge in [-0.25, -0.2) is 13.2 Å². The number of likely N-dealkylation sites (N-methyl/N-ethyl adjacent to an activating group) is 1. The van der Waals surface area contributed by atoms with Gasteiger partial charge in [0.25, 0.3) is 0 Å². The van der Waals surface area contributed by atoms with E-state index in [-0.39, 0.29) is 48.3 Å². The molecule has 2 amide bonds. The normalized spacial score (nSPS) is 21.0. The number of aliphatic hydroxyl groups excluding tert-OH is 1. The average molecular weight is 491 g/mol. The van der Waals surface area contributed by atoms with Gasteiger partial charge in [-0.15, -0.1) is 0 Å². The van der Waals surface area contributed by atoms with Crippen molar-refractivity contribution in [3.63, 3.8) is 0 Å². The number of benzene rings is 1. The number of carbonyl (C=O) groups is 1. The molecule has 10 heteroatoms. The quantitative estimate of drug-likeness (QED) is 0.644. The number of nitrogens with one attached hydrogen (secondary N) is 1. The van der Waals surface area contributed by atoms with Crippen LogP contribution in [-0.4, -0.2) is 78.7 Å². The van der Waals surface area contributed by atoms with E-state index in [2.05, 4.69) is 10.3 Å². The fourth-order valence-corrected chi connectivity index (χ4v) is 5.70. The molecule has 1 aromatic carbocycles. The highest BCUT2D eigenvalue weighted by molar-refractivity contribution is 7.89. The van der Waals surface area contributed by atoms with Gasteiger partial charge < -0.3 is 20.1 Å². The third kappa shape index (κ3) is 5.68. The number of nitrogens with zero attached hydrogens (tertiary/aromatic N) is 3. The van der Waals surface area contributed by atoms with E-state index in [1.54, 1.807) is 49.5 Å². The van der Waals surface area contributed by atoms with Crippen LogP contribution in [0.15, 0.2) is 47.6 Å². The summed E-state index contributed by atoms with van der Waals surface area (Å²) in [6, 6.07) is 7.81. The number of rotatable bonds is 6. The number of ether oxygens (including phenoxy) is 1. The second-order valence-corrected chi connectivity index (χ2v) is 11.0. The molecule has 2 heterocycles. The summed E-state index contributed by atoms with van der Waals surface area (Å²) in [6.07, 6.45) is 2.86. The van der Waals surface area contributed by atoms with Crippen LogP contribution in [0.5, 0.6) is 5.75 Å². The number of urea groups is 1. The van der Waals surface area contributed by atoms with Crippen LogP contribution >= 0.6 is 0 Å². The monoisotopic (exact) mass is 490 g/mol. The second kappa shape index (κ2) is 10.7. The Kier molecular flexibility index (Phi) is 8.17. The molecule has 1 aliphatic heterocycles. The van der Waals surface area contributed by atoms with Crippen molar-refractivity contribution in [2.75, 3.05) is 26.7 Å². The van der Waals surface area contributed by atoms with Crippen LogP contribution in [0.4, 0.5) is 4.79 Å². The van der Waals surface area contributed by atoms with Gasteiger partial charge in [-0.1, -0.05) is 13.0 Å². The molecule has 0 spiro atoms. The van der Waals surface area contributed by atoms with Crippen LogP contribution < -0.4 is 10.1 Å². The predicted molar refractivity (Wildman–Crippen MR) is 130 cm³/mol. The summed E-state index contributed by atoms with van der Waals surface area (Å²) in [7, 11) is -2.24. The Labute approximate surface area is 201 Å². The van der Waals surface area contributed by atoms with Gasteiger partial charge in [0, 0.05) is 44.0 Å². The van der Waals surface area contributed by atoms with Gasteiger partial charge in [0.15, 0.2) is 0 Å². The Bertz CT molecular complexity index is 1090. The van der Waals surface area contributed by atoms with Gasteiger partial charge in [0.05, 0.1) is 13.2 Å². The maximum atomic E-state index is 13.6. The van der Waals surface area contributed by atoms with Crippen molar-refractivity contribution < 1.29 is 23.1 Å². The van der Waals surface area contributed by atoms with E-state index < -0.39 is 22.2 Å². The third-order valence-electron chi connectivity index (χ3n) is 5.89. The minimum absolute atomic E-state index is 0.0136. The van der Waals surface area contributed by atoms with Crippen LogP contribution in [0.2, 0.25) is 0 Å². The largest absolute Gasteiger partial charge is 0.487 e. The van der Waals surface area contributed by atoms with Gasteiger partial charge in [0.2, 0.25) is 10.0 Å². The Morgan fingerprint density at radius 3 is 2.53 bits per heavy atom. The average Bonchev–Trinajstić information content (AvgIpc) is 2.80. The molecule has 2 aromatic rings. The number of sulfonamides is 1. The Morgan fingerprint density at radius 2 is 1.91 bits per heavy atom. The van der Waals surface area contributed by atoms with Gasteiger partial charge in [0.1, 0.15) is 16.7 Å². The molecule has 1 aromatic heterocycles. The van der Waals surface area contributed by atoms with E-state index in [9.17, 15) is 18.3 Å². The standard InChI is InChI=1S/C24H34N4O5S/c1-16(2)26-24(30)27(5)14-22-17(3)13-28(18(4)15-29)34(31,32)23-7-6-20(12-21(23)33-22)19-8-10-25-11-9-19/h6-12,16-18,22,29H,13-15H2,1-5H3,(H,26,30)/t17-,18-,22-/m1/s1. The smallest absolute Gasteiger partial charge is 0.317 e. The first kappa shape index (κ1) is 25.9. The Hall–Kier alpha value is -2.69. The first-order valence-corrected chi connectivity index (χ1v) is 12.8. The van der Waals surface area contributed by atoms with E-state index in [0.29, 0.717) is 0 Å². The lowest BCUT2D eigenvalue weighted by molar-refractivity contribution is 0.0810. The Morgan fingerprint density at radius 1 is 1.24 bits per heavy atom. The number of amides is 2. The zero-order valence-electron chi connectivity index (χ0n) is 20.3. The molecular formula is C24H34N4O5S. The molecule has 0 unspecified atom stereocenters. The van der Waals surface area contributed by atoms with E-state index in [4.69, 9.17) is 4.74 Å². The molecule has 2 N–H and O–H groups in total. The summed E-state index contributed by atoms with van der Waals surface area (Å²) >= 11 is 0. The molecule has 0 saturated carbocycles. The summed E-state index contributed by atoms with van der Waals surface area (Å²) in [5.41, 5.74) is 1.66. The first-order valence-electron chi connectivity index (χ1n) is 11.4. The SMILES string of the molecule is CC(C)NC(=O)N(C)C[C@H]1Oc2cc(-c3ccncc3)ccc2S(=O)(=O)N([C@H](C)CO)C[C@H]1C. The van der Waals surface area contributed by atoms with Crippen molar-refractivity contribution in [1.82, 2.24) is 19.5 Å². The molecule has 3 rings (SSSR count). The van der Waals surface area contributed by atoms with Gasteiger partial charge in [-0.2, -0.15) is 4.31 Å². The maximum Gasteiger partial charge on any atom is 0.317 e. The van der Waals surface area contributed by atoms with Crippen molar-refractivity contribution >= 4 is 16.1 Å². The zero-order valence-corrected chi connectivity index (χ0v) is 21.1. The molecular weight excluding hydrogens is 456 g/mol. The highest BCUT2D eigenvalue weighted by Crippen LogP contribution is 2.36. The fraction of sp³-hybridized carbons (Fsp3) is 0.500. The van der Waals surface area contributed by atoms with E-state index >= 15 is 0 Å². The van der Waals surface area contributed by atoms with Crippen molar-refractivity contribution in [2.24, 2.45) is 5.92 Å².